The summed E-state index contributed by atoms with van der Waals surface area (Å²) in [5.74, 6) is -0.510. The molecule has 0 heterocycles. The number of nitrogens with two attached hydrogens (primary N) is 1. The van der Waals surface area contributed by atoms with Gasteiger partial charge in [-0.2, -0.15) is 0 Å². The van der Waals surface area contributed by atoms with Crippen LogP contribution < -0.4 is 11.1 Å². The fourth-order valence-corrected chi connectivity index (χ4v) is 1.51. The van der Waals surface area contributed by atoms with Crippen LogP contribution in [0.4, 0.5) is 11.4 Å². The van der Waals surface area contributed by atoms with E-state index in [0.29, 0.717) is 13.0 Å². The predicted octanol–water partition coefficient (Wildman–Crippen LogP) is 1.61. The van der Waals surface area contributed by atoms with Crippen LogP contribution >= 0.6 is 0 Å². The number of aromatic hydroxyl groups is 1. The van der Waals surface area contributed by atoms with E-state index in [1.165, 1.54) is 18.2 Å². The number of hydrogen-bond acceptors (Lipinski definition) is 5. The van der Waals surface area contributed by atoms with Crippen LogP contribution in [0.5, 0.6) is 5.75 Å². The Morgan fingerprint density at radius 1 is 1.58 bits per heavy atom. The molecule has 4 N–H and O–H groups in total. The summed E-state index contributed by atoms with van der Waals surface area (Å²) < 4.78 is 0. The normalized spacial score (nSPS) is 11.9. The molecule has 104 valence electrons. The Balaban J connectivity index is 2.76. The molecule has 0 saturated carbocycles. The summed E-state index contributed by atoms with van der Waals surface area (Å²) in [5, 5.41) is 22.7. The van der Waals surface area contributed by atoms with Crippen molar-refractivity contribution < 1.29 is 14.8 Å². The van der Waals surface area contributed by atoms with Gasteiger partial charge in [-0.1, -0.05) is 13.0 Å². The van der Waals surface area contributed by atoms with Gasteiger partial charge in [-0.3, -0.25) is 14.9 Å². The van der Waals surface area contributed by atoms with Crippen LogP contribution in [0.1, 0.15) is 19.8 Å². The number of carbonyl (C=O) groups excluding carboxylic acids is 1. The molecule has 0 spiro atoms. The standard InChI is InChI=1S/C12H17N3O4/c1-8(7-13)5-6-11(17)14-12-9(15(18)19)3-2-4-10(12)16/h2-4,8,16H,5-7,13H2,1H3,(H,14,17). The lowest BCUT2D eigenvalue weighted by molar-refractivity contribution is -0.384. The first kappa shape index (κ1) is 14.9. The molecule has 1 unspecified atom stereocenters. The topological polar surface area (TPSA) is 118 Å². The van der Waals surface area contributed by atoms with Crippen LogP contribution in [0, 0.1) is 16.0 Å². The molecule has 0 aliphatic carbocycles. The minimum Gasteiger partial charge on any atom is -0.505 e. The summed E-state index contributed by atoms with van der Waals surface area (Å²) in [6, 6.07) is 3.85. The van der Waals surface area contributed by atoms with Crippen molar-refractivity contribution in [2.24, 2.45) is 11.7 Å². The summed E-state index contributed by atoms with van der Waals surface area (Å²) >= 11 is 0. The van der Waals surface area contributed by atoms with E-state index in [4.69, 9.17) is 5.73 Å². The fraction of sp³-hybridized carbons (Fsp3) is 0.417. The number of phenolic OH excluding ortho intramolecular Hbond substituents is 1. The van der Waals surface area contributed by atoms with Crippen molar-refractivity contribution in [2.75, 3.05) is 11.9 Å². The largest absolute Gasteiger partial charge is 0.505 e. The van der Waals surface area contributed by atoms with E-state index in [1.807, 2.05) is 6.92 Å². The molecule has 7 heteroatoms. The van der Waals surface area contributed by atoms with Crippen LogP contribution in [0.2, 0.25) is 0 Å². The zero-order chi connectivity index (χ0) is 14.4. The highest BCUT2D eigenvalue weighted by molar-refractivity contribution is 5.94. The second-order valence-corrected chi connectivity index (χ2v) is 4.36. The molecule has 0 fully saturated rings. The van der Waals surface area contributed by atoms with E-state index < -0.39 is 4.92 Å². The summed E-state index contributed by atoms with van der Waals surface area (Å²) in [4.78, 5) is 21.8. The number of anilines is 1. The number of nitro benzene ring substituents is 1. The smallest absolute Gasteiger partial charge is 0.296 e. The first-order valence-electron chi connectivity index (χ1n) is 5.92. The Kier molecular flexibility index (Phi) is 5.25. The van der Waals surface area contributed by atoms with Crippen molar-refractivity contribution in [2.45, 2.75) is 19.8 Å². The third kappa shape index (κ3) is 4.22. The van der Waals surface area contributed by atoms with E-state index >= 15 is 0 Å². The van der Waals surface area contributed by atoms with Crippen molar-refractivity contribution in [1.82, 2.24) is 0 Å². The molecule has 1 amide bonds. The minimum atomic E-state index is -0.655. The molecule has 1 aromatic rings. The molecule has 0 saturated heterocycles. The Morgan fingerprint density at radius 3 is 2.84 bits per heavy atom. The Bertz CT molecular complexity index is 476. The second kappa shape index (κ2) is 6.69. The first-order chi connectivity index (χ1) is 8.95. The van der Waals surface area contributed by atoms with Crippen LogP contribution in [0.25, 0.3) is 0 Å². The van der Waals surface area contributed by atoms with Crippen molar-refractivity contribution in [1.29, 1.82) is 0 Å². The fourth-order valence-electron chi connectivity index (χ4n) is 1.51. The second-order valence-electron chi connectivity index (χ2n) is 4.36. The maximum Gasteiger partial charge on any atom is 0.296 e. The Morgan fingerprint density at radius 2 is 2.26 bits per heavy atom. The Labute approximate surface area is 110 Å². The van der Waals surface area contributed by atoms with Gasteiger partial charge in [-0.15, -0.1) is 0 Å². The molecule has 0 aromatic heterocycles. The van der Waals surface area contributed by atoms with Crippen molar-refractivity contribution >= 4 is 17.3 Å². The number of hydrogen-bond donors (Lipinski definition) is 3. The molecule has 7 nitrogen and oxygen atoms in total. The van der Waals surface area contributed by atoms with Crippen molar-refractivity contribution in [3.63, 3.8) is 0 Å². The summed E-state index contributed by atoms with van der Waals surface area (Å²) in [6.45, 7) is 2.39. The SMILES string of the molecule is CC(CN)CCC(=O)Nc1c(O)cccc1[N+](=O)[O-]. The van der Waals surface area contributed by atoms with Gasteiger partial charge in [0.25, 0.3) is 5.69 Å². The van der Waals surface area contributed by atoms with E-state index in [9.17, 15) is 20.0 Å². The van der Waals surface area contributed by atoms with Gasteiger partial charge in [0, 0.05) is 12.5 Å². The quantitative estimate of drug-likeness (QED) is 0.411. The molecule has 0 radical (unpaired) electrons. The summed E-state index contributed by atoms with van der Waals surface area (Å²) in [6.07, 6.45) is 0.785. The number of carbonyl (C=O) groups is 1. The molecule has 19 heavy (non-hydrogen) atoms. The van der Waals surface area contributed by atoms with Gasteiger partial charge in [0.1, 0.15) is 5.75 Å². The molecule has 1 aromatic carbocycles. The minimum absolute atomic E-state index is 0.169. The highest BCUT2D eigenvalue weighted by Crippen LogP contribution is 2.33. The van der Waals surface area contributed by atoms with Crippen LogP contribution in [-0.4, -0.2) is 22.5 Å². The molecule has 1 atom stereocenters. The van der Waals surface area contributed by atoms with Gasteiger partial charge in [-0.25, -0.2) is 0 Å². The maximum absolute atomic E-state index is 11.7. The lowest BCUT2D eigenvalue weighted by atomic mass is 10.1. The number of amides is 1. The average Bonchev–Trinajstić information content (AvgIpc) is 2.38. The first-order valence-corrected chi connectivity index (χ1v) is 5.92. The molecular formula is C12H17N3O4. The van der Waals surface area contributed by atoms with Crippen LogP contribution in [-0.2, 0) is 4.79 Å². The molecule has 0 bridgehead atoms. The van der Waals surface area contributed by atoms with Gasteiger partial charge >= 0.3 is 0 Å². The van der Waals surface area contributed by atoms with Crippen molar-refractivity contribution in [3.05, 3.63) is 28.3 Å². The highest BCUT2D eigenvalue weighted by atomic mass is 16.6. The highest BCUT2D eigenvalue weighted by Gasteiger charge is 2.19. The van der Waals surface area contributed by atoms with Gasteiger partial charge in [0.2, 0.25) is 5.91 Å². The third-order valence-corrected chi connectivity index (χ3v) is 2.75. The number of nitrogens with one attached hydrogen (secondary N) is 1. The van der Waals surface area contributed by atoms with E-state index in [1.54, 1.807) is 0 Å². The molecule has 0 aliphatic rings. The Hall–Kier alpha value is -2.15. The van der Waals surface area contributed by atoms with Crippen molar-refractivity contribution in [3.8, 4) is 5.75 Å². The van der Waals surface area contributed by atoms with E-state index in [2.05, 4.69) is 5.32 Å². The number of rotatable bonds is 6. The molecular weight excluding hydrogens is 250 g/mol. The average molecular weight is 267 g/mol. The predicted molar refractivity (Wildman–Crippen MR) is 70.8 cm³/mol. The molecule has 0 aliphatic heterocycles. The van der Waals surface area contributed by atoms with Gasteiger partial charge < -0.3 is 16.2 Å². The van der Waals surface area contributed by atoms with Crippen LogP contribution in [0.15, 0.2) is 18.2 Å². The number of para-hydroxylation sites is 1. The number of benzene rings is 1. The maximum atomic E-state index is 11.7. The lowest BCUT2D eigenvalue weighted by Crippen LogP contribution is -2.17. The van der Waals surface area contributed by atoms with Crippen LogP contribution in [0.3, 0.4) is 0 Å². The zero-order valence-corrected chi connectivity index (χ0v) is 10.6. The van der Waals surface area contributed by atoms with E-state index in [0.717, 1.165) is 0 Å². The lowest BCUT2D eigenvalue weighted by Gasteiger charge is -2.10. The van der Waals surface area contributed by atoms with Gasteiger partial charge in [0.15, 0.2) is 5.69 Å². The van der Waals surface area contributed by atoms with Gasteiger partial charge in [0.05, 0.1) is 4.92 Å². The number of nitro groups is 1. The monoisotopic (exact) mass is 267 g/mol. The number of phenols is 1. The number of nitrogens with zero attached hydrogens (tertiary/aromatic N) is 1. The third-order valence-electron chi connectivity index (χ3n) is 2.75. The van der Waals surface area contributed by atoms with Gasteiger partial charge in [-0.05, 0) is 24.9 Å². The molecule has 1 rings (SSSR count). The summed E-state index contributed by atoms with van der Waals surface area (Å²) in [7, 11) is 0. The zero-order valence-electron chi connectivity index (χ0n) is 10.6. The van der Waals surface area contributed by atoms with E-state index in [-0.39, 0.29) is 35.4 Å². The summed E-state index contributed by atoms with van der Waals surface area (Å²) in [5.41, 5.74) is 4.94.